The van der Waals surface area contributed by atoms with Gasteiger partial charge < -0.3 is 14.4 Å². The van der Waals surface area contributed by atoms with E-state index < -0.39 is 12.1 Å². The van der Waals surface area contributed by atoms with Crippen molar-refractivity contribution in [2.75, 3.05) is 20.7 Å². The van der Waals surface area contributed by atoms with Gasteiger partial charge in [0.15, 0.2) is 12.7 Å². The van der Waals surface area contributed by atoms with Gasteiger partial charge in [-0.15, -0.1) is 0 Å². The number of ether oxygens (including phenoxy) is 2. The number of nitrogens with zero attached hydrogens (tertiary/aromatic N) is 1. The lowest BCUT2D eigenvalue weighted by atomic mass is 10.1. The molecule has 0 aliphatic carbocycles. The molecule has 122 valence electrons. The van der Waals surface area contributed by atoms with Gasteiger partial charge in [0.2, 0.25) is 0 Å². The summed E-state index contributed by atoms with van der Waals surface area (Å²) in [6.07, 6.45) is -0.832. The predicted octanol–water partition coefficient (Wildman–Crippen LogP) is 3.00. The summed E-state index contributed by atoms with van der Waals surface area (Å²) in [7, 11) is 3.21. The molecule has 0 aliphatic rings. The third-order valence-electron chi connectivity index (χ3n) is 3.27. The van der Waals surface area contributed by atoms with Crippen molar-refractivity contribution in [3.05, 3.63) is 40.9 Å². The molecule has 5 nitrogen and oxygen atoms in total. The fourth-order valence-corrected chi connectivity index (χ4v) is 2.71. The Morgan fingerprint density at radius 3 is 2.57 bits per heavy atom. The number of amides is 1. The van der Waals surface area contributed by atoms with Gasteiger partial charge in [0.25, 0.3) is 5.91 Å². The first-order chi connectivity index (χ1) is 10.9. The number of carbonyl (C=O) groups is 2. The van der Waals surface area contributed by atoms with Crippen molar-refractivity contribution in [1.82, 2.24) is 4.90 Å². The third kappa shape index (κ3) is 4.22. The summed E-state index contributed by atoms with van der Waals surface area (Å²) in [5, 5.41) is 2.06. The number of likely N-dealkylation sites (N-methyl/N-ethyl adjacent to an activating group) is 1. The summed E-state index contributed by atoms with van der Waals surface area (Å²) in [6, 6.07) is 11.5. The van der Waals surface area contributed by atoms with E-state index in [1.54, 1.807) is 20.2 Å². The second-order valence-corrected chi connectivity index (χ2v) is 6.05. The first-order valence-electron chi connectivity index (χ1n) is 7.11. The van der Waals surface area contributed by atoms with Crippen LogP contribution in [0, 0.1) is 0 Å². The molecular weight excluding hydrogens is 362 g/mol. The van der Waals surface area contributed by atoms with Crippen LogP contribution in [0.15, 0.2) is 40.9 Å². The van der Waals surface area contributed by atoms with E-state index in [0.29, 0.717) is 5.75 Å². The average Bonchev–Trinajstić information content (AvgIpc) is 2.53. The first kappa shape index (κ1) is 17.3. The van der Waals surface area contributed by atoms with Crippen molar-refractivity contribution in [3.8, 4) is 5.75 Å². The molecule has 0 aromatic heterocycles. The fourth-order valence-electron chi connectivity index (χ4n) is 2.11. The smallest absolute Gasteiger partial charge is 0.344 e. The molecule has 2 aromatic carbocycles. The maximum absolute atomic E-state index is 11.8. The van der Waals surface area contributed by atoms with E-state index in [9.17, 15) is 9.59 Å². The number of benzene rings is 2. The molecule has 0 aliphatic heterocycles. The third-order valence-corrected chi connectivity index (χ3v) is 4.09. The second-order valence-electron chi connectivity index (χ2n) is 5.25. The zero-order valence-corrected chi connectivity index (χ0v) is 14.8. The summed E-state index contributed by atoms with van der Waals surface area (Å²) in [4.78, 5) is 24.8. The normalized spacial score (nSPS) is 11.8. The van der Waals surface area contributed by atoms with Gasteiger partial charge in [-0.1, -0.05) is 30.3 Å². The summed E-state index contributed by atoms with van der Waals surface area (Å²) in [6.45, 7) is 1.27. The van der Waals surface area contributed by atoms with Crippen molar-refractivity contribution >= 4 is 38.6 Å². The van der Waals surface area contributed by atoms with Crippen LogP contribution >= 0.6 is 15.9 Å². The van der Waals surface area contributed by atoms with Crippen molar-refractivity contribution in [2.24, 2.45) is 0 Å². The number of hydrogen-bond donors (Lipinski definition) is 0. The molecule has 0 fully saturated rings. The average molecular weight is 380 g/mol. The summed E-state index contributed by atoms with van der Waals surface area (Å²) in [5.41, 5.74) is 0. The molecule has 2 rings (SSSR count). The highest BCUT2D eigenvalue weighted by Crippen LogP contribution is 2.32. The molecule has 1 unspecified atom stereocenters. The zero-order valence-electron chi connectivity index (χ0n) is 13.2. The van der Waals surface area contributed by atoms with Crippen molar-refractivity contribution < 1.29 is 19.1 Å². The van der Waals surface area contributed by atoms with E-state index in [4.69, 9.17) is 9.47 Å². The van der Waals surface area contributed by atoms with Crippen LogP contribution in [-0.2, 0) is 14.3 Å². The van der Waals surface area contributed by atoms with Crippen LogP contribution in [0.1, 0.15) is 6.92 Å². The monoisotopic (exact) mass is 379 g/mol. The van der Waals surface area contributed by atoms with Crippen LogP contribution in [-0.4, -0.2) is 43.6 Å². The topological polar surface area (TPSA) is 55.8 Å². The lowest BCUT2D eigenvalue weighted by Crippen LogP contribution is -2.35. The van der Waals surface area contributed by atoms with E-state index in [2.05, 4.69) is 15.9 Å². The molecule has 2 aromatic rings. The van der Waals surface area contributed by atoms with Gasteiger partial charge in [-0.05, 0) is 39.7 Å². The van der Waals surface area contributed by atoms with Gasteiger partial charge in [-0.3, -0.25) is 4.79 Å². The Kier molecular flexibility index (Phi) is 5.60. The molecule has 0 saturated carbocycles. The Labute approximate surface area is 143 Å². The molecular formula is C17H18BrNO4. The number of fused-ring (bicyclic) bond motifs is 1. The highest BCUT2D eigenvalue weighted by atomic mass is 79.9. The first-order valence-corrected chi connectivity index (χ1v) is 7.90. The fraction of sp³-hybridized carbons (Fsp3) is 0.294. The quantitative estimate of drug-likeness (QED) is 0.749. The largest absolute Gasteiger partial charge is 0.481 e. The second kappa shape index (κ2) is 7.46. The zero-order chi connectivity index (χ0) is 17.0. The molecule has 23 heavy (non-hydrogen) atoms. The minimum absolute atomic E-state index is 0.262. The van der Waals surface area contributed by atoms with Crippen molar-refractivity contribution in [1.29, 1.82) is 0 Å². The van der Waals surface area contributed by atoms with Gasteiger partial charge in [0.1, 0.15) is 5.75 Å². The highest BCUT2D eigenvalue weighted by molar-refractivity contribution is 9.10. The van der Waals surface area contributed by atoms with E-state index in [1.807, 2.05) is 30.3 Å². The Bertz CT molecular complexity index is 730. The van der Waals surface area contributed by atoms with Crippen LogP contribution in [0.4, 0.5) is 0 Å². The van der Waals surface area contributed by atoms with E-state index in [-0.39, 0.29) is 12.5 Å². The molecule has 6 heteroatoms. The minimum atomic E-state index is -0.832. The van der Waals surface area contributed by atoms with Gasteiger partial charge in [-0.2, -0.15) is 0 Å². The van der Waals surface area contributed by atoms with Crippen LogP contribution in [0.3, 0.4) is 0 Å². The van der Waals surface area contributed by atoms with E-state index in [1.165, 1.54) is 11.8 Å². The number of halogens is 1. The van der Waals surface area contributed by atoms with Crippen molar-refractivity contribution in [3.63, 3.8) is 0 Å². The Balaban J connectivity index is 1.99. The molecule has 0 saturated heterocycles. The number of hydrogen-bond acceptors (Lipinski definition) is 4. The number of rotatable bonds is 5. The highest BCUT2D eigenvalue weighted by Gasteiger charge is 2.19. The molecule has 0 heterocycles. The standard InChI is InChI=1S/C17H18BrNO4/c1-11(17(21)19(2)3)23-15(20)10-22-14-9-8-12-6-4-5-7-13(12)16(14)18/h4-9,11H,10H2,1-3H3. The van der Waals surface area contributed by atoms with Crippen molar-refractivity contribution in [2.45, 2.75) is 13.0 Å². The molecule has 0 radical (unpaired) electrons. The Morgan fingerprint density at radius 2 is 1.87 bits per heavy atom. The van der Waals surface area contributed by atoms with Crippen LogP contribution < -0.4 is 4.74 Å². The van der Waals surface area contributed by atoms with Gasteiger partial charge in [0, 0.05) is 14.1 Å². The molecule has 1 amide bonds. The number of carbonyl (C=O) groups excluding carboxylic acids is 2. The molecule has 1 atom stereocenters. The lowest BCUT2D eigenvalue weighted by molar-refractivity contribution is -0.159. The molecule has 0 N–H and O–H groups in total. The van der Waals surface area contributed by atoms with Gasteiger partial charge >= 0.3 is 5.97 Å². The predicted molar refractivity (Wildman–Crippen MR) is 91.4 cm³/mol. The van der Waals surface area contributed by atoms with Crippen LogP contribution in [0.2, 0.25) is 0 Å². The summed E-state index contributed by atoms with van der Waals surface area (Å²) >= 11 is 3.49. The van der Waals surface area contributed by atoms with Gasteiger partial charge in [-0.25, -0.2) is 4.79 Å². The Hall–Kier alpha value is -2.08. The van der Waals surface area contributed by atoms with Crippen LogP contribution in [0.25, 0.3) is 10.8 Å². The summed E-state index contributed by atoms with van der Waals surface area (Å²) in [5.74, 6) is -0.315. The summed E-state index contributed by atoms with van der Waals surface area (Å²) < 4.78 is 11.3. The molecule has 0 spiro atoms. The Morgan fingerprint density at radius 1 is 1.17 bits per heavy atom. The lowest BCUT2D eigenvalue weighted by Gasteiger charge is -2.17. The number of esters is 1. The van der Waals surface area contributed by atoms with E-state index >= 15 is 0 Å². The van der Waals surface area contributed by atoms with Gasteiger partial charge in [0.05, 0.1) is 4.47 Å². The minimum Gasteiger partial charge on any atom is -0.481 e. The van der Waals surface area contributed by atoms with Crippen LogP contribution in [0.5, 0.6) is 5.75 Å². The SMILES string of the molecule is CC(OC(=O)COc1ccc2ccccc2c1Br)C(=O)N(C)C. The van der Waals surface area contributed by atoms with E-state index in [0.717, 1.165) is 15.2 Å². The maximum atomic E-state index is 11.8. The molecule has 0 bridgehead atoms. The maximum Gasteiger partial charge on any atom is 0.344 e.